The molecule has 2 N–H and O–H groups in total. The molecule has 18 heavy (non-hydrogen) atoms. The summed E-state index contributed by atoms with van der Waals surface area (Å²) in [6.07, 6.45) is 0.971. The molecule has 0 radical (unpaired) electrons. The smallest absolute Gasteiger partial charge is 0.0904 e. The summed E-state index contributed by atoms with van der Waals surface area (Å²) < 4.78 is 0. The highest BCUT2D eigenvalue weighted by molar-refractivity contribution is 7.12. The Labute approximate surface area is 117 Å². The molecule has 1 heterocycles. The Kier molecular flexibility index (Phi) is 4.38. The van der Waals surface area contributed by atoms with Crippen molar-refractivity contribution < 1.29 is 0 Å². The number of halogens is 1. The number of rotatable bonds is 4. The van der Waals surface area contributed by atoms with Gasteiger partial charge in [0, 0.05) is 15.5 Å². The summed E-state index contributed by atoms with van der Waals surface area (Å²) in [7, 11) is 0. The summed E-state index contributed by atoms with van der Waals surface area (Å²) in [6.45, 7) is 4.92. The third-order valence-electron chi connectivity index (χ3n) is 2.94. The standard InChI is InChI=1S/C14H17ClN2S/c1-9(7-8-16)14-13(17-10(2)18-14)11-5-3-4-6-12(11)15/h3-6,9H,7-8,16H2,1-2H3. The number of hydrogen-bond acceptors (Lipinski definition) is 3. The van der Waals surface area contributed by atoms with E-state index in [1.54, 1.807) is 11.3 Å². The molecule has 0 aliphatic heterocycles. The first-order chi connectivity index (χ1) is 8.63. The molecule has 0 aliphatic rings. The highest BCUT2D eigenvalue weighted by atomic mass is 35.5. The van der Waals surface area contributed by atoms with Crippen molar-refractivity contribution in [3.8, 4) is 11.3 Å². The van der Waals surface area contributed by atoms with Crippen LogP contribution in [-0.2, 0) is 0 Å². The molecule has 2 aromatic rings. The van der Waals surface area contributed by atoms with Gasteiger partial charge in [-0.15, -0.1) is 11.3 Å². The first kappa shape index (κ1) is 13.5. The van der Waals surface area contributed by atoms with Crippen LogP contribution in [0.1, 0.15) is 29.1 Å². The molecule has 0 spiro atoms. The van der Waals surface area contributed by atoms with Crippen LogP contribution in [0.2, 0.25) is 5.02 Å². The van der Waals surface area contributed by atoms with E-state index in [4.69, 9.17) is 17.3 Å². The van der Waals surface area contributed by atoms with Gasteiger partial charge in [0.05, 0.1) is 10.7 Å². The van der Waals surface area contributed by atoms with Crippen LogP contribution in [0.3, 0.4) is 0 Å². The van der Waals surface area contributed by atoms with E-state index in [-0.39, 0.29) is 0 Å². The second kappa shape index (κ2) is 5.83. The van der Waals surface area contributed by atoms with E-state index in [1.807, 2.05) is 31.2 Å². The van der Waals surface area contributed by atoms with Crippen molar-refractivity contribution in [1.29, 1.82) is 0 Å². The van der Waals surface area contributed by atoms with Gasteiger partial charge in [0.25, 0.3) is 0 Å². The normalized spacial score (nSPS) is 12.7. The summed E-state index contributed by atoms with van der Waals surface area (Å²) in [5.41, 5.74) is 7.68. The van der Waals surface area contributed by atoms with Gasteiger partial charge >= 0.3 is 0 Å². The fourth-order valence-electron chi connectivity index (χ4n) is 2.00. The van der Waals surface area contributed by atoms with Crippen LogP contribution >= 0.6 is 22.9 Å². The predicted octanol–water partition coefficient (Wildman–Crippen LogP) is 4.22. The average Bonchev–Trinajstić information content (AvgIpc) is 2.72. The molecular weight excluding hydrogens is 264 g/mol. The van der Waals surface area contributed by atoms with Crippen LogP contribution in [0.25, 0.3) is 11.3 Å². The predicted molar refractivity (Wildman–Crippen MR) is 79.4 cm³/mol. The molecule has 1 aromatic heterocycles. The van der Waals surface area contributed by atoms with Crippen molar-refractivity contribution in [1.82, 2.24) is 4.98 Å². The van der Waals surface area contributed by atoms with Crippen molar-refractivity contribution >= 4 is 22.9 Å². The van der Waals surface area contributed by atoms with E-state index < -0.39 is 0 Å². The summed E-state index contributed by atoms with van der Waals surface area (Å²) >= 11 is 8.00. The Balaban J connectivity index is 2.48. The summed E-state index contributed by atoms with van der Waals surface area (Å²) in [5, 5.41) is 1.83. The summed E-state index contributed by atoms with van der Waals surface area (Å²) in [5.74, 6) is 0.424. The molecular formula is C14H17ClN2S. The largest absolute Gasteiger partial charge is 0.330 e. The van der Waals surface area contributed by atoms with Crippen LogP contribution < -0.4 is 5.73 Å². The van der Waals surface area contributed by atoms with Gasteiger partial charge in [-0.1, -0.05) is 36.7 Å². The highest BCUT2D eigenvalue weighted by Gasteiger charge is 2.18. The second-order valence-electron chi connectivity index (χ2n) is 4.40. The van der Waals surface area contributed by atoms with Gasteiger partial charge in [-0.05, 0) is 31.9 Å². The molecule has 0 bridgehead atoms. The molecule has 0 fully saturated rings. The lowest BCUT2D eigenvalue weighted by Gasteiger charge is -2.10. The fraction of sp³-hybridized carbons (Fsp3) is 0.357. The number of aryl methyl sites for hydroxylation is 1. The van der Waals surface area contributed by atoms with Crippen molar-refractivity contribution in [3.05, 3.63) is 39.2 Å². The van der Waals surface area contributed by atoms with Crippen LogP contribution in [0, 0.1) is 6.92 Å². The molecule has 0 aliphatic carbocycles. The molecule has 0 saturated heterocycles. The second-order valence-corrected chi connectivity index (χ2v) is 6.05. The number of nitrogens with two attached hydrogens (primary N) is 1. The van der Waals surface area contributed by atoms with E-state index >= 15 is 0 Å². The minimum absolute atomic E-state index is 0.424. The van der Waals surface area contributed by atoms with Gasteiger partial charge in [0.2, 0.25) is 0 Å². The monoisotopic (exact) mass is 280 g/mol. The summed E-state index contributed by atoms with van der Waals surface area (Å²) in [4.78, 5) is 5.92. The number of benzene rings is 1. The molecule has 1 atom stereocenters. The third kappa shape index (κ3) is 2.74. The van der Waals surface area contributed by atoms with Gasteiger partial charge in [-0.25, -0.2) is 4.98 Å². The molecule has 2 nitrogen and oxygen atoms in total. The molecule has 96 valence electrons. The lowest BCUT2D eigenvalue weighted by Crippen LogP contribution is -2.04. The minimum atomic E-state index is 0.424. The van der Waals surface area contributed by atoms with E-state index in [2.05, 4.69) is 11.9 Å². The zero-order chi connectivity index (χ0) is 13.1. The molecule has 1 unspecified atom stereocenters. The number of aromatic nitrogens is 1. The van der Waals surface area contributed by atoms with E-state index in [9.17, 15) is 0 Å². The van der Waals surface area contributed by atoms with Crippen LogP contribution in [0.4, 0.5) is 0 Å². The third-order valence-corrected chi connectivity index (χ3v) is 4.47. The first-order valence-corrected chi connectivity index (χ1v) is 7.25. The van der Waals surface area contributed by atoms with Crippen LogP contribution in [0.5, 0.6) is 0 Å². The van der Waals surface area contributed by atoms with E-state index in [0.29, 0.717) is 12.5 Å². The van der Waals surface area contributed by atoms with Crippen molar-refractivity contribution in [2.45, 2.75) is 26.2 Å². The number of thiazole rings is 1. The molecule has 0 amide bonds. The minimum Gasteiger partial charge on any atom is -0.330 e. The van der Waals surface area contributed by atoms with Gasteiger partial charge in [-0.2, -0.15) is 0 Å². The SMILES string of the molecule is Cc1nc(-c2ccccc2Cl)c(C(C)CCN)s1. The Morgan fingerprint density at radius 1 is 1.39 bits per heavy atom. The van der Waals surface area contributed by atoms with Gasteiger partial charge < -0.3 is 5.73 Å². The molecule has 1 aromatic carbocycles. The highest BCUT2D eigenvalue weighted by Crippen LogP contribution is 2.37. The van der Waals surface area contributed by atoms with Gasteiger partial charge in [0.1, 0.15) is 0 Å². The van der Waals surface area contributed by atoms with Crippen LogP contribution in [-0.4, -0.2) is 11.5 Å². The van der Waals surface area contributed by atoms with E-state index in [1.165, 1.54) is 4.88 Å². The Morgan fingerprint density at radius 2 is 2.11 bits per heavy atom. The average molecular weight is 281 g/mol. The van der Waals surface area contributed by atoms with Crippen molar-refractivity contribution in [3.63, 3.8) is 0 Å². The number of nitrogens with zero attached hydrogens (tertiary/aromatic N) is 1. The summed E-state index contributed by atoms with van der Waals surface area (Å²) in [6, 6.07) is 7.86. The van der Waals surface area contributed by atoms with Gasteiger partial charge in [-0.3, -0.25) is 0 Å². The van der Waals surface area contributed by atoms with Gasteiger partial charge in [0.15, 0.2) is 0 Å². The van der Waals surface area contributed by atoms with Crippen molar-refractivity contribution in [2.75, 3.05) is 6.54 Å². The Hall–Kier alpha value is -0.900. The molecule has 4 heteroatoms. The maximum atomic E-state index is 6.26. The molecule has 2 rings (SSSR count). The quantitative estimate of drug-likeness (QED) is 0.910. The zero-order valence-electron chi connectivity index (χ0n) is 10.6. The first-order valence-electron chi connectivity index (χ1n) is 6.05. The Morgan fingerprint density at radius 3 is 2.78 bits per heavy atom. The molecule has 0 saturated carbocycles. The van der Waals surface area contributed by atoms with E-state index in [0.717, 1.165) is 27.7 Å². The lowest BCUT2D eigenvalue weighted by atomic mass is 10.0. The topological polar surface area (TPSA) is 38.9 Å². The fourth-order valence-corrected chi connectivity index (χ4v) is 3.26. The maximum Gasteiger partial charge on any atom is 0.0904 e. The maximum absolute atomic E-state index is 6.26. The zero-order valence-corrected chi connectivity index (χ0v) is 12.2. The Bertz CT molecular complexity index is 536. The van der Waals surface area contributed by atoms with Crippen molar-refractivity contribution in [2.24, 2.45) is 5.73 Å². The van der Waals surface area contributed by atoms with Crippen LogP contribution in [0.15, 0.2) is 24.3 Å². The lowest BCUT2D eigenvalue weighted by molar-refractivity contribution is 0.701. The number of hydrogen-bond donors (Lipinski definition) is 1.